The van der Waals surface area contributed by atoms with Gasteiger partial charge in [0.05, 0.1) is 7.11 Å². The molecule has 0 radical (unpaired) electrons. The molecule has 0 bridgehead atoms. The van der Waals surface area contributed by atoms with Crippen LogP contribution in [0.2, 0.25) is 0 Å². The fourth-order valence-corrected chi connectivity index (χ4v) is 2.07. The van der Waals surface area contributed by atoms with Crippen LogP contribution in [0.5, 0.6) is 5.75 Å². The summed E-state index contributed by atoms with van der Waals surface area (Å²) in [5.74, 6) is 0.874. The number of benzene rings is 2. The van der Waals surface area contributed by atoms with Crippen molar-refractivity contribution >= 4 is 11.4 Å². The van der Waals surface area contributed by atoms with E-state index in [0.29, 0.717) is 0 Å². The van der Waals surface area contributed by atoms with Crippen LogP contribution in [0.25, 0.3) is 0 Å². The van der Waals surface area contributed by atoms with E-state index < -0.39 is 0 Å². The van der Waals surface area contributed by atoms with Crippen molar-refractivity contribution in [2.45, 2.75) is 13.3 Å². The standard InChI is InChI=1S/C15H18N2O/c1-10-12(14(17)8-7-13(10)16)9-11-5-3-4-6-15(11)18-2/h3-8H,9,16-17H2,1-2H3. The van der Waals surface area contributed by atoms with Gasteiger partial charge >= 0.3 is 0 Å². The van der Waals surface area contributed by atoms with Crippen LogP contribution in [0, 0.1) is 6.92 Å². The second-order valence-corrected chi connectivity index (χ2v) is 4.34. The van der Waals surface area contributed by atoms with Crippen molar-refractivity contribution in [3.05, 3.63) is 53.1 Å². The van der Waals surface area contributed by atoms with Crippen LogP contribution in [0.1, 0.15) is 16.7 Å². The molecular weight excluding hydrogens is 224 g/mol. The predicted octanol–water partition coefficient (Wildman–Crippen LogP) is 2.76. The maximum absolute atomic E-state index is 6.03. The smallest absolute Gasteiger partial charge is 0.122 e. The number of anilines is 2. The van der Waals surface area contributed by atoms with Crippen LogP contribution in [0.15, 0.2) is 36.4 Å². The quantitative estimate of drug-likeness (QED) is 0.813. The van der Waals surface area contributed by atoms with Crippen LogP contribution in [0.3, 0.4) is 0 Å². The lowest BCUT2D eigenvalue weighted by molar-refractivity contribution is 0.410. The molecule has 94 valence electrons. The van der Waals surface area contributed by atoms with Gasteiger partial charge in [-0.25, -0.2) is 0 Å². The van der Waals surface area contributed by atoms with Crippen molar-refractivity contribution in [2.24, 2.45) is 0 Å². The number of hydrogen-bond acceptors (Lipinski definition) is 3. The zero-order valence-corrected chi connectivity index (χ0v) is 10.7. The van der Waals surface area contributed by atoms with E-state index in [-0.39, 0.29) is 0 Å². The van der Waals surface area contributed by atoms with Crippen molar-refractivity contribution in [2.75, 3.05) is 18.6 Å². The summed E-state index contributed by atoms with van der Waals surface area (Å²) in [7, 11) is 1.68. The summed E-state index contributed by atoms with van der Waals surface area (Å²) in [5, 5.41) is 0. The normalized spacial score (nSPS) is 10.3. The number of rotatable bonds is 3. The summed E-state index contributed by atoms with van der Waals surface area (Å²) < 4.78 is 5.36. The Bertz CT molecular complexity index is 564. The van der Waals surface area contributed by atoms with Crippen LogP contribution >= 0.6 is 0 Å². The first kappa shape index (κ1) is 12.3. The van der Waals surface area contributed by atoms with Gasteiger partial charge in [0.25, 0.3) is 0 Å². The van der Waals surface area contributed by atoms with Gasteiger partial charge in [0, 0.05) is 17.8 Å². The summed E-state index contributed by atoms with van der Waals surface area (Å²) in [4.78, 5) is 0. The SMILES string of the molecule is COc1ccccc1Cc1c(N)ccc(N)c1C. The molecule has 18 heavy (non-hydrogen) atoms. The monoisotopic (exact) mass is 242 g/mol. The maximum atomic E-state index is 6.03. The fourth-order valence-electron chi connectivity index (χ4n) is 2.07. The maximum Gasteiger partial charge on any atom is 0.122 e. The van der Waals surface area contributed by atoms with Crippen molar-refractivity contribution in [3.8, 4) is 5.75 Å². The Hall–Kier alpha value is -2.16. The Morgan fingerprint density at radius 2 is 1.67 bits per heavy atom. The van der Waals surface area contributed by atoms with E-state index in [1.165, 1.54) is 0 Å². The average Bonchev–Trinajstić information content (AvgIpc) is 2.39. The number of para-hydroxylation sites is 1. The van der Waals surface area contributed by atoms with Gasteiger partial charge in [0.2, 0.25) is 0 Å². The van der Waals surface area contributed by atoms with E-state index in [0.717, 1.165) is 40.2 Å². The third-order valence-corrected chi connectivity index (χ3v) is 3.24. The van der Waals surface area contributed by atoms with Crippen molar-refractivity contribution < 1.29 is 4.74 Å². The molecule has 0 saturated carbocycles. The van der Waals surface area contributed by atoms with E-state index in [9.17, 15) is 0 Å². The van der Waals surface area contributed by atoms with Crippen molar-refractivity contribution in [3.63, 3.8) is 0 Å². The Morgan fingerprint density at radius 1 is 1.00 bits per heavy atom. The molecule has 0 aliphatic rings. The molecular formula is C15H18N2O. The van der Waals surface area contributed by atoms with Crippen molar-refractivity contribution in [1.29, 1.82) is 0 Å². The first-order chi connectivity index (χ1) is 8.63. The predicted molar refractivity (Wildman–Crippen MR) is 75.8 cm³/mol. The van der Waals surface area contributed by atoms with Crippen molar-refractivity contribution in [1.82, 2.24) is 0 Å². The first-order valence-corrected chi connectivity index (χ1v) is 5.88. The zero-order chi connectivity index (χ0) is 13.1. The molecule has 2 rings (SSSR count). The molecule has 0 aliphatic carbocycles. The van der Waals surface area contributed by atoms with Gasteiger partial charge < -0.3 is 16.2 Å². The van der Waals surface area contributed by atoms with E-state index in [1.54, 1.807) is 7.11 Å². The summed E-state index contributed by atoms with van der Waals surface area (Å²) in [6, 6.07) is 11.6. The number of hydrogen-bond donors (Lipinski definition) is 2. The van der Waals surface area contributed by atoms with Crippen LogP contribution < -0.4 is 16.2 Å². The Morgan fingerprint density at radius 3 is 2.39 bits per heavy atom. The molecule has 0 aliphatic heterocycles. The highest BCUT2D eigenvalue weighted by molar-refractivity contribution is 5.63. The lowest BCUT2D eigenvalue weighted by Crippen LogP contribution is -2.03. The average molecular weight is 242 g/mol. The Kier molecular flexibility index (Phi) is 3.42. The van der Waals surface area contributed by atoms with Crippen LogP contribution in [-0.4, -0.2) is 7.11 Å². The Labute approximate surface area is 107 Å². The second-order valence-electron chi connectivity index (χ2n) is 4.34. The molecule has 0 atom stereocenters. The van der Waals surface area contributed by atoms with E-state index in [2.05, 4.69) is 0 Å². The van der Waals surface area contributed by atoms with E-state index >= 15 is 0 Å². The first-order valence-electron chi connectivity index (χ1n) is 5.88. The highest BCUT2D eigenvalue weighted by Crippen LogP contribution is 2.28. The van der Waals surface area contributed by atoms with Gasteiger partial charge in [0.1, 0.15) is 5.75 Å². The summed E-state index contributed by atoms with van der Waals surface area (Å²) >= 11 is 0. The number of nitrogens with two attached hydrogens (primary N) is 2. The molecule has 0 fully saturated rings. The minimum absolute atomic E-state index is 0.729. The minimum Gasteiger partial charge on any atom is -0.496 e. The lowest BCUT2D eigenvalue weighted by atomic mass is 9.97. The molecule has 0 heterocycles. The van der Waals surface area contributed by atoms with E-state index in [1.807, 2.05) is 43.3 Å². The summed E-state index contributed by atoms with van der Waals surface area (Å²) in [6.07, 6.45) is 0.729. The number of methoxy groups -OCH3 is 1. The minimum atomic E-state index is 0.729. The fraction of sp³-hybridized carbons (Fsp3) is 0.200. The molecule has 2 aromatic carbocycles. The molecule has 3 heteroatoms. The third kappa shape index (κ3) is 2.25. The van der Waals surface area contributed by atoms with Gasteiger partial charge in [-0.05, 0) is 41.8 Å². The van der Waals surface area contributed by atoms with E-state index in [4.69, 9.17) is 16.2 Å². The zero-order valence-electron chi connectivity index (χ0n) is 10.7. The largest absolute Gasteiger partial charge is 0.496 e. The number of nitrogen functional groups attached to an aromatic ring is 2. The summed E-state index contributed by atoms with van der Waals surface area (Å²) in [6.45, 7) is 2.00. The van der Waals surface area contributed by atoms with Crippen LogP contribution in [-0.2, 0) is 6.42 Å². The van der Waals surface area contributed by atoms with Gasteiger partial charge in [-0.3, -0.25) is 0 Å². The molecule has 3 nitrogen and oxygen atoms in total. The van der Waals surface area contributed by atoms with Gasteiger partial charge in [-0.2, -0.15) is 0 Å². The van der Waals surface area contributed by atoms with Gasteiger partial charge in [0.15, 0.2) is 0 Å². The molecule has 2 aromatic rings. The number of ether oxygens (including phenoxy) is 1. The molecule has 0 unspecified atom stereocenters. The third-order valence-electron chi connectivity index (χ3n) is 3.24. The topological polar surface area (TPSA) is 61.3 Å². The second kappa shape index (κ2) is 5.00. The lowest BCUT2D eigenvalue weighted by Gasteiger charge is -2.14. The van der Waals surface area contributed by atoms with Crippen LogP contribution in [0.4, 0.5) is 11.4 Å². The Balaban J connectivity index is 2.43. The van der Waals surface area contributed by atoms with Gasteiger partial charge in [-0.15, -0.1) is 0 Å². The van der Waals surface area contributed by atoms with Gasteiger partial charge in [-0.1, -0.05) is 18.2 Å². The highest BCUT2D eigenvalue weighted by atomic mass is 16.5. The molecule has 0 saturated heterocycles. The summed E-state index contributed by atoms with van der Waals surface area (Å²) in [5.41, 5.74) is 16.7. The molecule has 0 aromatic heterocycles. The molecule has 0 spiro atoms. The molecule has 4 N–H and O–H groups in total. The highest BCUT2D eigenvalue weighted by Gasteiger charge is 2.10. The molecule has 0 amide bonds.